The quantitative estimate of drug-likeness (QED) is 0.297. The Hall–Kier alpha value is -4.32. The zero-order valence-electron chi connectivity index (χ0n) is 19.0. The Morgan fingerprint density at radius 2 is 0.743 bits per heavy atom. The monoisotopic (exact) mass is 462 g/mol. The van der Waals surface area contributed by atoms with Gasteiger partial charge in [0.1, 0.15) is 0 Å². The molecule has 0 saturated heterocycles. The molecule has 0 spiro atoms. The molecule has 6 nitrogen and oxygen atoms in total. The Morgan fingerprint density at radius 3 is 1.06 bits per heavy atom. The molecule has 6 heteroatoms. The minimum Gasteiger partial charge on any atom is -0.274 e. The summed E-state index contributed by atoms with van der Waals surface area (Å²) in [7, 11) is 0. The van der Waals surface area contributed by atoms with Crippen molar-refractivity contribution in [1.29, 1.82) is 0 Å². The fourth-order valence-electron chi connectivity index (χ4n) is 5.28. The highest BCUT2D eigenvalue weighted by Crippen LogP contribution is 2.31. The minimum absolute atomic E-state index is 0.273. The predicted molar refractivity (Wildman–Crippen MR) is 132 cm³/mol. The Bertz CT molecular complexity index is 1350. The Labute approximate surface area is 201 Å². The van der Waals surface area contributed by atoms with Gasteiger partial charge in [0.25, 0.3) is 23.6 Å². The van der Waals surface area contributed by atoms with Crippen molar-refractivity contribution in [2.24, 2.45) is 0 Å². The lowest BCUT2D eigenvalue weighted by Gasteiger charge is -2.28. The van der Waals surface area contributed by atoms with E-state index in [1.807, 2.05) is 48.5 Å². The third-order valence-corrected chi connectivity index (χ3v) is 6.98. The number of unbranched alkanes of at least 4 members (excludes halogenated alkanes) is 2. The van der Waals surface area contributed by atoms with E-state index in [9.17, 15) is 19.2 Å². The maximum Gasteiger partial charge on any atom is 0.261 e. The van der Waals surface area contributed by atoms with Gasteiger partial charge in [-0.15, -0.1) is 0 Å². The highest BCUT2D eigenvalue weighted by Gasteiger charge is 2.33. The van der Waals surface area contributed by atoms with Crippen LogP contribution in [-0.4, -0.2) is 46.5 Å². The summed E-state index contributed by atoms with van der Waals surface area (Å²) in [5, 5.41) is 3.21. The van der Waals surface area contributed by atoms with Crippen molar-refractivity contribution in [2.45, 2.75) is 19.3 Å². The van der Waals surface area contributed by atoms with Crippen molar-refractivity contribution in [3.8, 4) is 0 Å². The van der Waals surface area contributed by atoms with Gasteiger partial charge >= 0.3 is 0 Å². The van der Waals surface area contributed by atoms with E-state index >= 15 is 0 Å². The number of rotatable bonds is 6. The molecule has 4 aromatic carbocycles. The van der Waals surface area contributed by atoms with Gasteiger partial charge in [0.15, 0.2) is 0 Å². The zero-order valence-corrected chi connectivity index (χ0v) is 19.0. The first-order chi connectivity index (χ1) is 17.1. The Balaban J connectivity index is 1.11. The molecule has 4 aromatic rings. The smallest absolute Gasteiger partial charge is 0.261 e. The van der Waals surface area contributed by atoms with Gasteiger partial charge in [-0.25, -0.2) is 0 Å². The van der Waals surface area contributed by atoms with Crippen LogP contribution >= 0.6 is 0 Å². The highest BCUT2D eigenvalue weighted by molar-refractivity contribution is 6.26. The van der Waals surface area contributed by atoms with Crippen LogP contribution < -0.4 is 0 Å². The number of benzene rings is 4. The van der Waals surface area contributed by atoms with E-state index in [0.29, 0.717) is 54.6 Å². The number of amides is 4. The molecule has 4 amide bonds. The van der Waals surface area contributed by atoms with Gasteiger partial charge in [-0.3, -0.25) is 29.0 Å². The molecule has 0 bridgehead atoms. The normalized spacial score (nSPS) is 15.0. The summed E-state index contributed by atoms with van der Waals surface area (Å²) < 4.78 is 0. The molecule has 2 aliphatic rings. The molecule has 6 rings (SSSR count). The van der Waals surface area contributed by atoms with E-state index < -0.39 is 0 Å². The molecule has 0 radical (unpaired) electrons. The van der Waals surface area contributed by atoms with Gasteiger partial charge in [-0.1, -0.05) is 48.5 Å². The number of imide groups is 2. The van der Waals surface area contributed by atoms with Crippen LogP contribution in [0.3, 0.4) is 0 Å². The maximum absolute atomic E-state index is 13.0. The predicted octanol–water partition coefficient (Wildman–Crippen LogP) is 5.06. The minimum atomic E-state index is -0.273. The van der Waals surface area contributed by atoms with Gasteiger partial charge < -0.3 is 0 Å². The number of hydrogen-bond acceptors (Lipinski definition) is 4. The van der Waals surface area contributed by atoms with Gasteiger partial charge in [0.2, 0.25) is 0 Å². The lowest BCUT2D eigenvalue weighted by Crippen LogP contribution is -2.41. The highest BCUT2D eigenvalue weighted by atomic mass is 16.2. The second-order valence-electron chi connectivity index (χ2n) is 9.00. The molecule has 0 fully saturated rings. The van der Waals surface area contributed by atoms with E-state index in [0.717, 1.165) is 21.5 Å². The molecule has 172 valence electrons. The van der Waals surface area contributed by atoms with Crippen LogP contribution in [0.1, 0.15) is 60.7 Å². The topological polar surface area (TPSA) is 74.8 Å². The van der Waals surface area contributed by atoms with Gasteiger partial charge in [0, 0.05) is 46.1 Å². The van der Waals surface area contributed by atoms with E-state index in [1.54, 1.807) is 24.3 Å². The van der Waals surface area contributed by atoms with E-state index in [-0.39, 0.29) is 23.6 Å². The fraction of sp³-hybridized carbons (Fsp3) is 0.172. The average Bonchev–Trinajstić information content (AvgIpc) is 2.88. The van der Waals surface area contributed by atoms with Crippen LogP contribution in [-0.2, 0) is 0 Å². The van der Waals surface area contributed by atoms with Crippen LogP contribution in [0.5, 0.6) is 0 Å². The number of hydrogen-bond donors (Lipinski definition) is 0. The van der Waals surface area contributed by atoms with Crippen molar-refractivity contribution < 1.29 is 19.2 Å². The van der Waals surface area contributed by atoms with Crippen molar-refractivity contribution >= 4 is 45.2 Å². The molecule has 0 saturated carbocycles. The summed E-state index contributed by atoms with van der Waals surface area (Å²) in [6, 6.07) is 22.0. The largest absolute Gasteiger partial charge is 0.274 e. The van der Waals surface area contributed by atoms with Crippen LogP contribution in [0, 0.1) is 0 Å². The second kappa shape index (κ2) is 8.17. The van der Waals surface area contributed by atoms with E-state index in [1.165, 1.54) is 9.80 Å². The summed E-state index contributed by atoms with van der Waals surface area (Å²) in [6.45, 7) is 0.596. The third kappa shape index (κ3) is 3.25. The molecule has 0 atom stereocenters. The lowest BCUT2D eigenvalue weighted by molar-refractivity contribution is 0.0603. The van der Waals surface area contributed by atoms with Crippen molar-refractivity contribution in [3.05, 3.63) is 95.1 Å². The van der Waals surface area contributed by atoms with Gasteiger partial charge in [0.05, 0.1) is 0 Å². The van der Waals surface area contributed by atoms with Gasteiger partial charge in [-0.2, -0.15) is 0 Å². The van der Waals surface area contributed by atoms with Crippen LogP contribution in [0.15, 0.2) is 72.8 Å². The summed E-state index contributed by atoms with van der Waals surface area (Å²) in [6.07, 6.45) is 1.86. The maximum atomic E-state index is 13.0. The molecule has 0 aliphatic carbocycles. The van der Waals surface area contributed by atoms with Crippen LogP contribution in [0.25, 0.3) is 21.5 Å². The van der Waals surface area contributed by atoms with E-state index in [4.69, 9.17) is 0 Å². The summed E-state index contributed by atoms with van der Waals surface area (Å²) in [4.78, 5) is 54.7. The van der Waals surface area contributed by atoms with Crippen molar-refractivity contribution in [2.75, 3.05) is 13.1 Å². The molecular formula is C29H22N2O4. The molecular weight excluding hydrogens is 440 g/mol. The number of nitrogens with zero attached hydrogens (tertiary/aromatic N) is 2. The molecule has 0 aromatic heterocycles. The van der Waals surface area contributed by atoms with Crippen molar-refractivity contribution in [1.82, 2.24) is 9.80 Å². The standard InChI is InChI=1S/C29H22N2O4/c32-26-20-12-4-8-18-9-5-13-21(24(18)20)27(33)30(26)16-2-1-3-17-31-28(34)22-14-6-10-19-11-7-15-23(25(19)22)29(31)35/h4-15H,1-3,16-17H2. The summed E-state index contributed by atoms with van der Waals surface area (Å²) >= 11 is 0. The van der Waals surface area contributed by atoms with Crippen molar-refractivity contribution in [3.63, 3.8) is 0 Å². The molecule has 0 N–H and O–H groups in total. The van der Waals surface area contributed by atoms with Crippen LogP contribution in [0.4, 0.5) is 0 Å². The number of carbonyl (C=O) groups is 4. The molecule has 2 heterocycles. The Morgan fingerprint density at radius 1 is 0.429 bits per heavy atom. The summed E-state index contributed by atoms with van der Waals surface area (Å²) in [5.41, 5.74) is 2.20. The fourth-order valence-corrected chi connectivity index (χ4v) is 5.28. The first-order valence-electron chi connectivity index (χ1n) is 11.8. The first kappa shape index (κ1) is 21.2. The third-order valence-electron chi connectivity index (χ3n) is 6.98. The zero-order chi connectivity index (χ0) is 24.1. The lowest BCUT2D eigenvalue weighted by atomic mass is 9.93. The molecule has 2 aliphatic heterocycles. The van der Waals surface area contributed by atoms with Gasteiger partial charge in [-0.05, 0) is 54.3 Å². The summed E-state index contributed by atoms with van der Waals surface area (Å²) in [5.74, 6) is -1.09. The average molecular weight is 463 g/mol. The molecule has 35 heavy (non-hydrogen) atoms. The van der Waals surface area contributed by atoms with E-state index in [2.05, 4.69) is 0 Å². The molecule has 0 unspecified atom stereocenters. The Kier molecular flexibility index (Phi) is 4.95. The number of carbonyl (C=O) groups excluding carboxylic acids is 4. The second-order valence-corrected chi connectivity index (χ2v) is 9.00. The first-order valence-corrected chi connectivity index (χ1v) is 11.8. The SMILES string of the molecule is O=C1c2cccc3cccc(c23)C(=O)N1CCCCCN1C(=O)c2cccc3cccc(c23)C1=O. The van der Waals surface area contributed by atoms with Crippen LogP contribution in [0.2, 0.25) is 0 Å².